The van der Waals surface area contributed by atoms with E-state index in [0.717, 1.165) is 13.1 Å². The van der Waals surface area contributed by atoms with Gasteiger partial charge in [-0.25, -0.2) is 0 Å². The monoisotopic (exact) mass is 222 g/mol. The second kappa shape index (κ2) is 4.28. The van der Waals surface area contributed by atoms with Gasteiger partial charge in [0.25, 0.3) is 5.91 Å². The SMILES string of the molecule is Cc1oncc1C(=O)N1CC(C)CC(C)C1. The molecule has 1 amide bonds. The van der Waals surface area contributed by atoms with Crippen LogP contribution in [0.1, 0.15) is 36.4 Å². The largest absolute Gasteiger partial charge is 0.361 e. The number of likely N-dealkylation sites (tertiary alicyclic amines) is 1. The molecule has 2 unspecified atom stereocenters. The summed E-state index contributed by atoms with van der Waals surface area (Å²) < 4.78 is 4.93. The van der Waals surface area contributed by atoms with Gasteiger partial charge in [0.05, 0.1) is 6.20 Å². The summed E-state index contributed by atoms with van der Waals surface area (Å²) in [6.07, 6.45) is 2.72. The van der Waals surface area contributed by atoms with Crippen molar-refractivity contribution in [3.8, 4) is 0 Å². The molecule has 0 N–H and O–H groups in total. The van der Waals surface area contributed by atoms with E-state index < -0.39 is 0 Å². The normalized spacial score (nSPS) is 25.8. The first kappa shape index (κ1) is 11.2. The van der Waals surface area contributed by atoms with Crippen LogP contribution in [0.25, 0.3) is 0 Å². The van der Waals surface area contributed by atoms with E-state index in [1.165, 1.54) is 12.6 Å². The van der Waals surface area contributed by atoms with Crippen molar-refractivity contribution in [3.63, 3.8) is 0 Å². The lowest BCUT2D eigenvalue weighted by atomic mass is 9.91. The van der Waals surface area contributed by atoms with Crippen LogP contribution in [0.5, 0.6) is 0 Å². The number of piperidine rings is 1. The van der Waals surface area contributed by atoms with E-state index in [2.05, 4.69) is 19.0 Å². The number of aromatic nitrogens is 1. The average molecular weight is 222 g/mol. The fourth-order valence-electron chi connectivity index (χ4n) is 2.50. The Morgan fingerprint density at radius 2 is 2.06 bits per heavy atom. The van der Waals surface area contributed by atoms with Crippen molar-refractivity contribution >= 4 is 5.91 Å². The Morgan fingerprint density at radius 1 is 1.44 bits per heavy atom. The van der Waals surface area contributed by atoms with Gasteiger partial charge in [-0.3, -0.25) is 4.79 Å². The fourth-order valence-corrected chi connectivity index (χ4v) is 2.50. The zero-order valence-corrected chi connectivity index (χ0v) is 10.1. The minimum atomic E-state index is 0.0529. The van der Waals surface area contributed by atoms with Crippen LogP contribution < -0.4 is 0 Å². The van der Waals surface area contributed by atoms with Gasteiger partial charge < -0.3 is 9.42 Å². The summed E-state index contributed by atoms with van der Waals surface area (Å²) in [5, 5.41) is 3.65. The summed E-state index contributed by atoms with van der Waals surface area (Å²) in [5.41, 5.74) is 0.598. The lowest BCUT2D eigenvalue weighted by Gasteiger charge is -2.34. The van der Waals surface area contributed by atoms with Crippen LogP contribution in [0.2, 0.25) is 0 Å². The van der Waals surface area contributed by atoms with Crippen molar-refractivity contribution in [2.75, 3.05) is 13.1 Å². The van der Waals surface area contributed by atoms with E-state index in [1.807, 2.05) is 4.90 Å². The third-order valence-electron chi connectivity index (χ3n) is 3.14. The molecule has 88 valence electrons. The van der Waals surface area contributed by atoms with Gasteiger partial charge in [0.2, 0.25) is 0 Å². The number of aryl methyl sites for hydroxylation is 1. The molecule has 1 aromatic heterocycles. The van der Waals surface area contributed by atoms with Crippen LogP contribution in [0, 0.1) is 18.8 Å². The molecule has 0 spiro atoms. The molecule has 2 rings (SSSR count). The number of rotatable bonds is 1. The topological polar surface area (TPSA) is 46.3 Å². The zero-order chi connectivity index (χ0) is 11.7. The van der Waals surface area contributed by atoms with Gasteiger partial charge in [-0.2, -0.15) is 0 Å². The summed E-state index contributed by atoms with van der Waals surface area (Å²) >= 11 is 0. The maximum Gasteiger partial charge on any atom is 0.259 e. The molecule has 1 fully saturated rings. The molecule has 0 aliphatic carbocycles. The Morgan fingerprint density at radius 3 is 2.56 bits per heavy atom. The molecule has 2 atom stereocenters. The van der Waals surface area contributed by atoms with Gasteiger partial charge in [0.1, 0.15) is 11.3 Å². The Bertz CT molecular complexity index is 376. The number of amides is 1. The van der Waals surface area contributed by atoms with E-state index in [1.54, 1.807) is 6.92 Å². The highest BCUT2D eigenvalue weighted by Crippen LogP contribution is 2.23. The maximum atomic E-state index is 12.2. The van der Waals surface area contributed by atoms with Crippen molar-refractivity contribution in [1.82, 2.24) is 10.1 Å². The van der Waals surface area contributed by atoms with Gasteiger partial charge in [-0.1, -0.05) is 19.0 Å². The molecule has 1 aliphatic rings. The quantitative estimate of drug-likeness (QED) is 0.731. The van der Waals surface area contributed by atoms with Gasteiger partial charge in [0, 0.05) is 13.1 Å². The fraction of sp³-hybridized carbons (Fsp3) is 0.667. The molecule has 0 bridgehead atoms. The highest BCUT2D eigenvalue weighted by Gasteiger charge is 2.27. The molecular formula is C12H18N2O2. The second-order valence-electron chi connectivity index (χ2n) is 4.95. The van der Waals surface area contributed by atoms with E-state index in [9.17, 15) is 4.79 Å². The predicted molar refractivity (Wildman–Crippen MR) is 60.1 cm³/mol. The zero-order valence-electron chi connectivity index (χ0n) is 10.1. The molecule has 0 aromatic carbocycles. The third kappa shape index (κ3) is 2.10. The number of carbonyl (C=O) groups is 1. The Hall–Kier alpha value is -1.32. The van der Waals surface area contributed by atoms with E-state index in [-0.39, 0.29) is 5.91 Å². The van der Waals surface area contributed by atoms with Gasteiger partial charge in [-0.15, -0.1) is 0 Å². The standard InChI is InChI=1S/C12H18N2O2/c1-8-4-9(2)7-14(6-8)12(15)11-5-13-16-10(11)3/h5,8-9H,4,6-7H2,1-3H3. The minimum Gasteiger partial charge on any atom is -0.361 e. The van der Waals surface area contributed by atoms with Crippen molar-refractivity contribution in [2.24, 2.45) is 11.8 Å². The number of hydrogen-bond acceptors (Lipinski definition) is 3. The lowest BCUT2D eigenvalue weighted by Crippen LogP contribution is -2.42. The van der Waals surface area contributed by atoms with Gasteiger partial charge >= 0.3 is 0 Å². The molecule has 1 saturated heterocycles. The molecule has 16 heavy (non-hydrogen) atoms. The van der Waals surface area contributed by atoms with Crippen molar-refractivity contribution in [3.05, 3.63) is 17.5 Å². The Kier molecular flexibility index (Phi) is 2.99. The summed E-state index contributed by atoms with van der Waals surface area (Å²) in [4.78, 5) is 14.1. The van der Waals surface area contributed by atoms with Crippen LogP contribution in [0.4, 0.5) is 0 Å². The Balaban J connectivity index is 2.13. The first-order valence-electron chi connectivity index (χ1n) is 5.78. The molecule has 1 aliphatic heterocycles. The number of carbonyl (C=O) groups excluding carboxylic acids is 1. The summed E-state index contributed by atoms with van der Waals surface area (Å²) in [5.74, 6) is 1.81. The summed E-state index contributed by atoms with van der Waals surface area (Å²) in [7, 11) is 0. The van der Waals surface area contributed by atoms with Gasteiger partial charge in [-0.05, 0) is 25.2 Å². The predicted octanol–water partition coefficient (Wildman–Crippen LogP) is 2.10. The summed E-state index contributed by atoms with van der Waals surface area (Å²) in [6.45, 7) is 7.84. The number of nitrogens with zero attached hydrogens (tertiary/aromatic N) is 2. The molecule has 4 nitrogen and oxygen atoms in total. The maximum absolute atomic E-state index is 12.2. The van der Waals surface area contributed by atoms with E-state index in [4.69, 9.17) is 4.52 Å². The van der Waals surface area contributed by atoms with Crippen LogP contribution >= 0.6 is 0 Å². The summed E-state index contributed by atoms with van der Waals surface area (Å²) in [6, 6.07) is 0. The van der Waals surface area contributed by atoms with Crippen molar-refractivity contribution in [2.45, 2.75) is 27.2 Å². The molecule has 1 aromatic rings. The minimum absolute atomic E-state index is 0.0529. The van der Waals surface area contributed by atoms with Crippen molar-refractivity contribution in [1.29, 1.82) is 0 Å². The lowest BCUT2D eigenvalue weighted by molar-refractivity contribution is 0.0621. The first-order valence-corrected chi connectivity index (χ1v) is 5.78. The second-order valence-corrected chi connectivity index (χ2v) is 4.95. The molecule has 0 saturated carbocycles. The van der Waals surface area contributed by atoms with Gasteiger partial charge in [0.15, 0.2) is 0 Å². The van der Waals surface area contributed by atoms with Crippen LogP contribution in [-0.2, 0) is 0 Å². The van der Waals surface area contributed by atoms with Crippen LogP contribution in [-0.4, -0.2) is 29.1 Å². The molecule has 2 heterocycles. The van der Waals surface area contributed by atoms with E-state index >= 15 is 0 Å². The van der Waals surface area contributed by atoms with Crippen molar-refractivity contribution < 1.29 is 9.32 Å². The highest BCUT2D eigenvalue weighted by molar-refractivity contribution is 5.94. The average Bonchev–Trinajstić information content (AvgIpc) is 2.62. The van der Waals surface area contributed by atoms with E-state index in [0.29, 0.717) is 23.2 Å². The molecular weight excluding hydrogens is 204 g/mol. The smallest absolute Gasteiger partial charge is 0.259 e. The molecule has 4 heteroatoms. The molecule has 0 radical (unpaired) electrons. The highest BCUT2D eigenvalue weighted by atomic mass is 16.5. The third-order valence-corrected chi connectivity index (χ3v) is 3.14. The first-order chi connectivity index (χ1) is 7.58. The van der Waals surface area contributed by atoms with Crippen LogP contribution in [0.15, 0.2) is 10.7 Å². The Labute approximate surface area is 95.6 Å². The van der Waals surface area contributed by atoms with Crippen LogP contribution in [0.3, 0.4) is 0 Å². The number of hydrogen-bond donors (Lipinski definition) is 0.